The van der Waals surface area contributed by atoms with E-state index in [1.165, 1.54) is 36.9 Å². The summed E-state index contributed by atoms with van der Waals surface area (Å²) in [6.45, 7) is 3.48. The minimum absolute atomic E-state index is 0.720. The number of hydrogen-bond acceptors (Lipinski definition) is 3. The monoisotopic (exact) mass is 310 g/mol. The Bertz CT molecular complexity index is 433. The summed E-state index contributed by atoms with van der Waals surface area (Å²) >= 11 is 6.41. The fourth-order valence-corrected chi connectivity index (χ4v) is 3.38. The molecule has 0 aromatic heterocycles. The molecule has 0 atom stereocenters. The van der Waals surface area contributed by atoms with Crippen molar-refractivity contribution in [2.45, 2.75) is 32.2 Å². The van der Waals surface area contributed by atoms with Gasteiger partial charge in [0.05, 0.1) is 6.61 Å². The van der Waals surface area contributed by atoms with Crippen LogP contribution in [0.4, 0.5) is 5.69 Å². The van der Waals surface area contributed by atoms with Gasteiger partial charge in [0.1, 0.15) is 0 Å². The van der Waals surface area contributed by atoms with Gasteiger partial charge in [-0.15, -0.1) is 0 Å². The second-order valence-corrected chi connectivity index (χ2v) is 6.35. The van der Waals surface area contributed by atoms with Crippen LogP contribution in [0.5, 0.6) is 0 Å². The fraction of sp³-hybridized carbons (Fsp3) is 0.647. The average Bonchev–Trinajstić information content (AvgIpc) is 2.97. The second kappa shape index (κ2) is 8.62. The highest BCUT2D eigenvalue weighted by molar-refractivity contribution is 6.31. The topological polar surface area (TPSA) is 24.5 Å². The molecule has 1 aromatic carbocycles. The van der Waals surface area contributed by atoms with Crippen molar-refractivity contribution < 1.29 is 4.74 Å². The quantitative estimate of drug-likeness (QED) is 0.741. The highest BCUT2D eigenvalue weighted by Gasteiger charge is 2.18. The van der Waals surface area contributed by atoms with Crippen LogP contribution < -0.4 is 10.2 Å². The van der Waals surface area contributed by atoms with Crippen molar-refractivity contribution in [3.63, 3.8) is 0 Å². The summed E-state index contributed by atoms with van der Waals surface area (Å²) in [6.07, 6.45) is 5.51. The number of methoxy groups -OCH3 is 1. The number of ether oxygens (including phenoxy) is 1. The Hall–Kier alpha value is -0.770. The van der Waals surface area contributed by atoms with E-state index in [1.807, 2.05) is 12.1 Å². The summed E-state index contributed by atoms with van der Waals surface area (Å²) in [5.74, 6) is 0.836. The molecule has 0 radical (unpaired) electrons. The van der Waals surface area contributed by atoms with Crippen LogP contribution in [0.1, 0.15) is 31.2 Å². The Balaban J connectivity index is 2.00. The fourth-order valence-electron chi connectivity index (χ4n) is 3.15. The molecule has 0 aliphatic heterocycles. The van der Waals surface area contributed by atoms with Crippen LogP contribution in [0, 0.1) is 5.92 Å². The van der Waals surface area contributed by atoms with Crippen LogP contribution >= 0.6 is 11.6 Å². The van der Waals surface area contributed by atoms with Crippen LogP contribution in [-0.2, 0) is 11.3 Å². The van der Waals surface area contributed by atoms with E-state index < -0.39 is 0 Å². The molecule has 1 N–H and O–H groups in total. The smallest absolute Gasteiger partial charge is 0.0587 e. The second-order valence-electron chi connectivity index (χ2n) is 5.94. The van der Waals surface area contributed by atoms with E-state index in [9.17, 15) is 0 Å². The minimum atomic E-state index is 0.720. The Morgan fingerprint density at radius 2 is 2.10 bits per heavy atom. The zero-order valence-electron chi connectivity index (χ0n) is 13.2. The largest absolute Gasteiger partial charge is 0.383 e. The Morgan fingerprint density at radius 3 is 2.81 bits per heavy atom. The number of anilines is 1. The van der Waals surface area contributed by atoms with Crippen LogP contribution in [0.2, 0.25) is 5.02 Å². The third-order valence-electron chi connectivity index (χ3n) is 4.30. The van der Waals surface area contributed by atoms with Gasteiger partial charge in [0, 0.05) is 50.1 Å². The summed E-state index contributed by atoms with van der Waals surface area (Å²) in [5, 5.41) is 4.24. The molecule has 0 unspecified atom stereocenters. The van der Waals surface area contributed by atoms with Crippen LogP contribution in [0.25, 0.3) is 0 Å². The van der Waals surface area contributed by atoms with Crippen LogP contribution in [0.15, 0.2) is 18.2 Å². The van der Waals surface area contributed by atoms with Crippen molar-refractivity contribution in [3.8, 4) is 0 Å². The maximum atomic E-state index is 6.41. The number of rotatable bonds is 8. The SMILES string of the molecule is COCCNCc1c(Cl)cccc1N(C)CC1CCCC1. The molecule has 4 heteroatoms. The molecule has 0 saturated heterocycles. The molecule has 0 amide bonds. The van der Waals surface area contributed by atoms with Gasteiger partial charge in [0.2, 0.25) is 0 Å². The maximum absolute atomic E-state index is 6.41. The van der Waals surface area contributed by atoms with Gasteiger partial charge in [-0.25, -0.2) is 0 Å². The molecule has 1 aromatic rings. The van der Waals surface area contributed by atoms with E-state index in [4.69, 9.17) is 16.3 Å². The predicted molar refractivity (Wildman–Crippen MR) is 90.3 cm³/mol. The van der Waals surface area contributed by atoms with Crippen molar-refractivity contribution in [2.75, 3.05) is 38.8 Å². The van der Waals surface area contributed by atoms with Crippen molar-refractivity contribution in [1.29, 1.82) is 0 Å². The van der Waals surface area contributed by atoms with Crippen molar-refractivity contribution in [3.05, 3.63) is 28.8 Å². The molecule has 118 valence electrons. The number of benzene rings is 1. The first kappa shape index (κ1) is 16.6. The zero-order chi connectivity index (χ0) is 15.1. The minimum Gasteiger partial charge on any atom is -0.383 e. The van der Waals surface area contributed by atoms with E-state index in [-0.39, 0.29) is 0 Å². The first-order chi connectivity index (χ1) is 10.2. The standard InChI is InChI=1S/C17H27ClN2O/c1-20(13-14-6-3-4-7-14)17-9-5-8-16(18)15(17)12-19-10-11-21-2/h5,8-9,14,19H,3-4,6-7,10-13H2,1-2H3. The van der Waals surface area contributed by atoms with E-state index in [0.29, 0.717) is 0 Å². The summed E-state index contributed by atoms with van der Waals surface area (Å²) in [4.78, 5) is 2.37. The normalized spacial score (nSPS) is 15.6. The van der Waals surface area contributed by atoms with Gasteiger partial charge in [0.15, 0.2) is 0 Å². The van der Waals surface area contributed by atoms with E-state index in [2.05, 4.69) is 23.3 Å². The third-order valence-corrected chi connectivity index (χ3v) is 4.65. The van der Waals surface area contributed by atoms with E-state index >= 15 is 0 Å². The molecule has 2 rings (SSSR count). The van der Waals surface area contributed by atoms with Gasteiger partial charge >= 0.3 is 0 Å². The first-order valence-electron chi connectivity index (χ1n) is 7.90. The van der Waals surface area contributed by atoms with Crippen molar-refractivity contribution in [1.82, 2.24) is 5.32 Å². The van der Waals surface area contributed by atoms with Crippen molar-refractivity contribution in [2.24, 2.45) is 5.92 Å². The molecule has 0 heterocycles. The summed E-state index contributed by atoms with van der Waals surface area (Å²) < 4.78 is 5.07. The lowest BCUT2D eigenvalue weighted by Gasteiger charge is -2.26. The number of halogens is 1. The molecule has 21 heavy (non-hydrogen) atoms. The molecule has 1 aliphatic carbocycles. The Kier molecular flexibility index (Phi) is 6.81. The Morgan fingerprint density at radius 1 is 1.33 bits per heavy atom. The maximum Gasteiger partial charge on any atom is 0.0587 e. The number of hydrogen-bond donors (Lipinski definition) is 1. The lowest BCUT2D eigenvalue weighted by molar-refractivity contribution is 0.199. The summed E-state index contributed by atoms with van der Waals surface area (Å²) in [7, 11) is 3.90. The molecule has 1 fully saturated rings. The summed E-state index contributed by atoms with van der Waals surface area (Å²) in [6, 6.07) is 6.19. The predicted octanol–water partition coefficient (Wildman–Crippen LogP) is 3.70. The van der Waals surface area contributed by atoms with Gasteiger partial charge in [-0.3, -0.25) is 0 Å². The lowest BCUT2D eigenvalue weighted by Crippen LogP contribution is -2.26. The molecule has 0 spiro atoms. The summed E-state index contributed by atoms with van der Waals surface area (Å²) in [5.41, 5.74) is 2.44. The van der Waals surface area contributed by atoms with E-state index in [0.717, 1.165) is 37.2 Å². The zero-order valence-corrected chi connectivity index (χ0v) is 14.0. The molecule has 1 aliphatic rings. The molecule has 1 saturated carbocycles. The highest BCUT2D eigenvalue weighted by atomic mass is 35.5. The molecule has 0 bridgehead atoms. The lowest BCUT2D eigenvalue weighted by atomic mass is 10.1. The molecular weight excluding hydrogens is 284 g/mol. The van der Waals surface area contributed by atoms with E-state index in [1.54, 1.807) is 7.11 Å². The van der Waals surface area contributed by atoms with Crippen molar-refractivity contribution >= 4 is 17.3 Å². The third kappa shape index (κ3) is 4.87. The molecular formula is C17H27ClN2O. The number of nitrogens with one attached hydrogen (secondary N) is 1. The molecule has 3 nitrogen and oxygen atoms in total. The van der Waals surface area contributed by atoms with Gasteiger partial charge in [-0.1, -0.05) is 30.5 Å². The first-order valence-corrected chi connectivity index (χ1v) is 8.28. The number of nitrogens with zero attached hydrogens (tertiary/aromatic N) is 1. The van der Waals surface area contributed by atoms with Crippen LogP contribution in [0.3, 0.4) is 0 Å². The Labute approximate surface area is 133 Å². The van der Waals surface area contributed by atoms with Gasteiger partial charge < -0.3 is 15.0 Å². The van der Waals surface area contributed by atoms with Gasteiger partial charge in [-0.05, 0) is 30.9 Å². The average molecular weight is 311 g/mol. The van der Waals surface area contributed by atoms with Gasteiger partial charge in [-0.2, -0.15) is 0 Å². The van der Waals surface area contributed by atoms with Crippen LogP contribution in [-0.4, -0.2) is 33.9 Å². The van der Waals surface area contributed by atoms with Gasteiger partial charge in [0.25, 0.3) is 0 Å². The highest BCUT2D eigenvalue weighted by Crippen LogP contribution is 2.30.